The number of hydrogen-bond acceptors (Lipinski definition) is 3. The van der Waals surface area contributed by atoms with Gasteiger partial charge >= 0.3 is 5.97 Å². The fourth-order valence-electron chi connectivity index (χ4n) is 1.87. The average Bonchev–Trinajstić information content (AvgIpc) is 2.72. The highest BCUT2D eigenvalue weighted by atomic mass is 32.2. The minimum atomic E-state index is -0.971. The van der Waals surface area contributed by atoms with Gasteiger partial charge in [-0.2, -0.15) is 0 Å². The van der Waals surface area contributed by atoms with Gasteiger partial charge in [0.15, 0.2) is 0 Å². The highest BCUT2D eigenvalue weighted by Crippen LogP contribution is 2.29. The average molecular weight is 250 g/mol. The number of rotatable bonds is 4. The molecule has 0 amide bonds. The Hall–Kier alpha value is -1.46. The van der Waals surface area contributed by atoms with Crippen LogP contribution in [0, 0.1) is 0 Å². The Morgan fingerprint density at radius 3 is 3.00 bits per heavy atom. The molecule has 0 radical (unpaired) electrons. The molecule has 0 aliphatic rings. The van der Waals surface area contributed by atoms with E-state index in [1.807, 2.05) is 30.7 Å². The first-order valence-corrected chi connectivity index (χ1v) is 6.47. The number of H-pyrrole nitrogens is 1. The summed E-state index contributed by atoms with van der Waals surface area (Å²) < 4.78 is 0. The van der Waals surface area contributed by atoms with Crippen molar-refractivity contribution in [2.75, 3.05) is 6.26 Å². The Kier molecular flexibility index (Phi) is 3.40. The molecule has 0 spiro atoms. The van der Waals surface area contributed by atoms with Crippen LogP contribution in [-0.4, -0.2) is 28.4 Å². The molecule has 0 fully saturated rings. The van der Waals surface area contributed by atoms with Crippen LogP contribution in [0.3, 0.4) is 0 Å². The number of carbonyl (C=O) groups is 1. The lowest BCUT2D eigenvalue weighted by atomic mass is 10.1. The first-order valence-electron chi connectivity index (χ1n) is 5.25. The summed E-state index contributed by atoms with van der Waals surface area (Å²) in [4.78, 5) is 15.1. The smallest absolute Gasteiger partial charge is 0.320 e. The first-order chi connectivity index (χ1) is 8.13. The molecule has 1 atom stereocenters. The Balaban J connectivity index is 2.44. The zero-order valence-electron chi connectivity index (χ0n) is 9.43. The van der Waals surface area contributed by atoms with Crippen LogP contribution in [0.2, 0.25) is 0 Å². The SMILES string of the molecule is CSc1cccc2[nH]cc(CC(N)C(=O)O)c12. The molecule has 1 heterocycles. The summed E-state index contributed by atoms with van der Waals surface area (Å²) in [5.74, 6) is -0.971. The zero-order chi connectivity index (χ0) is 12.4. The van der Waals surface area contributed by atoms with E-state index < -0.39 is 12.0 Å². The van der Waals surface area contributed by atoms with Crippen molar-refractivity contribution in [3.63, 3.8) is 0 Å². The quantitative estimate of drug-likeness (QED) is 0.723. The summed E-state index contributed by atoms with van der Waals surface area (Å²) in [6.07, 6.45) is 4.18. The van der Waals surface area contributed by atoms with Crippen molar-refractivity contribution in [1.82, 2.24) is 4.98 Å². The van der Waals surface area contributed by atoms with Gasteiger partial charge in [-0.05, 0) is 24.0 Å². The third-order valence-corrected chi connectivity index (χ3v) is 3.51. The van der Waals surface area contributed by atoms with Crippen molar-refractivity contribution in [2.24, 2.45) is 5.73 Å². The van der Waals surface area contributed by atoms with Gasteiger partial charge in [-0.25, -0.2) is 0 Å². The van der Waals surface area contributed by atoms with Crippen LogP contribution < -0.4 is 5.73 Å². The third-order valence-electron chi connectivity index (χ3n) is 2.73. The van der Waals surface area contributed by atoms with Crippen LogP contribution in [-0.2, 0) is 11.2 Å². The van der Waals surface area contributed by atoms with E-state index in [-0.39, 0.29) is 0 Å². The molecule has 0 bridgehead atoms. The zero-order valence-corrected chi connectivity index (χ0v) is 10.3. The molecule has 0 aliphatic heterocycles. The monoisotopic (exact) mass is 250 g/mol. The van der Waals surface area contributed by atoms with Crippen LogP contribution in [0.25, 0.3) is 10.9 Å². The molecule has 5 heteroatoms. The number of aromatic amines is 1. The summed E-state index contributed by atoms with van der Waals surface area (Å²) in [5, 5.41) is 9.92. The normalized spacial score (nSPS) is 12.8. The van der Waals surface area contributed by atoms with Crippen molar-refractivity contribution < 1.29 is 9.90 Å². The Morgan fingerprint density at radius 1 is 1.59 bits per heavy atom. The highest BCUT2D eigenvalue weighted by molar-refractivity contribution is 7.98. The molecule has 90 valence electrons. The van der Waals surface area contributed by atoms with E-state index in [0.29, 0.717) is 6.42 Å². The number of nitrogens with one attached hydrogen (secondary N) is 1. The molecular formula is C12H14N2O2S. The Bertz CT molecular complexity index is 550. The summed E-state index contributed by atoms with van der Waals surface area (Å²) in [7, 11) is 0. The van der Waals surface area contributed by atoms with Gasteiger partial charge in [0.25, 0.3) is 0 Å². The van der Waals surface area contributed by atoms with E-state index in [0.717, 1.165) is 21.4 Å². The Labute approximate surface area is 103 Å². The summed E-state index contributed by atoms with van der Waals surface area (Å²) in [6.45, 7) is 0. The highest BCUT2D eigenvalue weighted by Gasteiger charge is 2.16. The molecule has 0 aliphatic carbocycles. The minimum Gasteiger partial charge on any atom is -0.480 e. The van der Waals surface area contributed by atoms with Gasteiger partial charge in [0.2, 0.25) is 0 Å². The van der Waals surface area contributed by atoms with E-state index in [1.54, 1.807) is 11.8 Å². The van der Waals surface area contributed by atoms with Crippen molar-refractivity contribution in [3.8, 4) is 0 Å². The first kappa shape index (κ1) is 12.0. The molecular weight excluding hydrogens is 236 g/mol. The van der Waals surface area contributed by atoms with E-state index in [4.69, 9.17) is 10.8 Å². The van der Waals surface area contributed by atoms with E-state index in [1.165, 1.54) is 0 Å². The van der Waals surface area contributed by atoms with E-state index in [2.05, 4.69) is 4.98 Å². The molecule has 4 N–H and O–H groups in total. The lowest BCUT2D eigenvalue weighted by molar-refractivity contribution is -0.138. The number of carboxylic acids is 1. The van der Waals surface area contributed by atoms with Crippen LogP contribution in [0.4, 0.5) is 0 Å². The number of carboxylic acid groups (broad SMARTS) is 1. The number of benzene rings is 1. The molecule has 1 unspecified atom stereocenters. The lowest BCUT2D eigenvalue weighted by Gasteiger charge is -2.06. The maximum absolute atomic E-state index is 10.8. The maximum Gasteiger partial charge on any atom is 0.320 e. The number of hydrogen-bond donors (Lipinski definition) is 3. The Morgan fingerprint density at radius 2 is 2.35 bits per heavy atom. The molecule has 0 saturated carbocycles. The fourth-order valence-corrected chi connectivity index (χ4v) is 2.53. The molecule has 1 aromatic heterocycles. The second kappa shape index (κ2) is 4.81. The summed E-state index contributed by atoms with van der Waals surface area (Å²) in [6, 6.07) is 5.12. The van der Waals surface area contributed by atoms with Gasteiger partial charge < -0.3 is 15.8 Å². The van der Waals surface area contributed by atoms with Crippen molar-refractivity contribution in [3.05, 3.63) is 30.0 Å². The summed E-state index contributed by atoms with van der Waals surface area (Å²) >= 11 is 1.64. The van der Waals surface area contributed by atoms with E-state index in [9.17, 15) is 4.79 Å². The van der Waals surface area contributed by atoms with Gasteiger partial charge in [-0.15, -0.1) is 11.8 Å². The molecule has 4 nitrogen and oxygen atoms in total. The predicted molar refractivity (Wildman–Crippen MR) is 69.4 cm³/mol. The number of aliphatic carboxylic acids is 1. The maximum atomic E-state index is 10.8. The van der Waals surface area contributed by atoms with Crippen LogP contribution >= 0.6 is 11.8 Å². The number of fused-ring (bicyclic) bond motifs is 1. The standard InChI is InChI=1S/C12H14N2O2S/c1-17-10-4-2-3-9-11(10)7(6-14-9)5-8(13)12(15)16/h2-4,6,8,14H,5,13H2,1H3,(H,15,16). The molecule has 17 heavy (non-hydrogen) atoms. The number of aromatic nitrogens is 1. The van der Waals surface area contributed by atoms with Gasteiger partial charge in [-0.1, -0.05) is 6.07 Å². The molecule has 0 saturated heterocycles. The van der Waals surface area contributed by atoms with Crippen molar-refractivity contribution in [1.29, 1.82) is 0 Å². The van der Waals surface area contributed by atoms with Crippen LogP contribution in [0.5, 0.6) is 0 Å². The van der Waals surface area contributed by atoms with Gasteiger partial charge in [0, 0.05) is 28.4 Å². The number of nitrogens with two attached hydrogens (primary N) is 1. The predicted octanol–water partition coefficient (Wildman–Crippen LogP) is 1.84. The number of thioether (sulfide) groups is 1. The van der Waals surface area contributed by atoms with Gasteiger partial charge in [0.1, 0.15) is 6.04 Å². The summed E-state index contributed by atoms with van der Waals surface area (Å²) in [5.41, 5.74) is 7.55. The molecule has 2 rings (SSSR count). The van der Waals surface area contributed by atoms with Crippen LogP contribution in [0.1, 0.15) is 5.56 Å². The third kappa shape index (κ3) is 2.30. The van der Waals surface area contributed by atoms with E-state index >= 15 is 0 Å². The second-order valence-corrected chi connectivity index (χ2v) is 4.69. The van der Waals surface area contributed by atoms with Crippen molar-refractivity contribution in [2.45, 2.75) is 17.4 Å². The lowest BCUT2D eigenvalue weighted by Crippen LogP contribution is -2.32. The largest absolute Gasteiger partial charge is 0.480 e. The molecule has 2 aromatic rings. The minimum absolute atomic E-state index is 0.340. The van der Waals surface area contributed by atoms with Gasteiger partial charge in [0.05, 0.1) is 0 Å². The van der Waals surface area contributed by atoms with Crippen LogP contribution in [0.15, 0.2) is 29.3 Å². The topological polar surface area (TPSA) is 79.1 Å². The van der Waals surface area contributed by atoms with Crippen molar-refractivity contribution >= 4 is 28.6 Å². The fraction of sp³-hybridized carbons (Fsp3) is 0.250. The second-order valence-electron chi connectivity index (χ2n) is 3.85. The molecule has 1 aromatic carbocycles. The van der Waals surface area contributed by atoms with Gasteiger partial charge in [-0.3, -0.25) is 4.79 Å².